The lowest BCUT2D eigenvalue weighted by Crippen LogP contribution is -2.39. The zero-order valence-electron chi connectivity index (χ0n) is 26.5. The number of aryl methyl sites for hydroxylation is 1. The van der Waals surface area contributed by atoms with E-state index in [2.05, 4.69) is 30.0 Å². The zero-order valence-corrected chi connectivity index (χ0v) is 26.5. The number of fused-ring (bicyclic) bond motifs is 1. The fourth-order valence-electron chi connectivity index (χ4n) is 6.83. The number of ether oxygens (including phenoxy) is 2. The Labute approximate surface area is 271 Å². The number of hydrogen-bond acceptors (Lipinski definition) is 10. The van der Waals surface area contributed by atoms with E-state index < -0.39 is 46.7 Å². The van der Waals surface area contributed by atoms with Crippen LogP contribution in [0.3, 0.4) is 0 Å². The van der Waals surface area contributed by atoms with Gasteiger partial charge in [0.1, 0.15) is 47.3 Å². The van der Waals surface area contributed by atoms with Crippen LogP contribution in [0.2, 0.25) is 0 Å². The molecule has 7 rings (SSSR count). The van der Waals surface area contributed by atoms with Crippen molar-refractivity contribution < 1.29 is 31.4 Å². The van der Waals surface area contributed by atoms with Crippen molar-refractivity contribution in [3.05, 3.63) is 52.9 Å². The van der Waals surface area contributed by atoms with Crippen molar-refractivity contribution in [1.82, 2.24) is 35.0 Å². The smallest absolute Gasteiger partial charge is 0.417 e. The molecule has 2 aliphatic rings. The van der Waals surface area contributed by atoms with Gasteiger partial charge in [-0.25, -0.2) is 18.7 Å². The molecule has 0 aliphatic carbocycles. The van der Waals surface area contributed by atoms with E-state index in [4.69, 9.17) is 20.2 Å². The van der Waals surface area contributed by atoms with Crippen molar-refractivity contribution in [3.63, 3.8) is 0 Å². The van der Waals surface area contributed by atoms with Gasteiger partial charge < -0.3 is 25.0 Å². The molecule has 3 atom stereocenters. The topological polar surface area (TPSA) is 131 Å². The van der Waals surface area contributed by atoms with E-state index in [1.165, 1.54) is 25.3 Å². The van der Waals surface area contributed by atoms with Gasteiger partial charge in [-0.05, 0) is 64.9 Å². The lowest BCUT2D eigenvalue weighted by Gasteiger charge is -2.35. The summed E-state index contributed by atoms with van der Waals surface area (Å²) >= 11 is 0. The fraction of sp³-hybridized carbons (Fsp3) is 0.406. The van der Waals surface area contributed by atoms with Crippen molar-refractivity contribution in [2.45, 2.75) is 57.9 Å². The number of pyridine rings is 2. The maximum Gasteiger partial charge on any atom is 0.417 e. The molecular weight excluding hydrogens is 637 g/mol. The fourth-order valence-corrected chi connectivity index (χ4v) is 6.83. The summed E-state index contributed by atoms with van der Waals surface area (Å²) < 4.78 is 87.5. The van der Waals surface area contributed by atoms with Crippen LogP contribution in [0.4, 0.5) is 33.6 Å². The predicted octanol–water partition coefficient (Wildman–Crippen LogP) is 5.97. The second kappa shape index (κ2) is 11.7. The van der Waals surface area contributed by atoms with Gasteiger partial charge in [0, 0.05) is 22.6 Å². The van der Waals surface area contributed by atoms with E-state index in [1.807, 2.05) is 14.0 Å². The number of H-pyrrole nitrogens is 1. The number of hydrogen-bond donors (Lipinski definition) is 2. The largest absolute Gasteiger partial charge is 0.475 e. The van der Waals surface area contributed by atoms with Crippen LogP contribution in [0.1, 0.15) is 49.4 Å². The molecule has 16 heteroatoms. The van der Waals surface area contributed by atoms with Gasteiger partial charge in [-0.2, -0.15) is 28.2 Å². The Morgan fingerprint density at radius 2 is 1.96 bits per heavy atom. The van der Waals surface area contributed by atoms with Crippen LogP contribution in [-0.4, -0.2) is 73.9 Å². The van der Waals surface area contributed by atoms with E-state index in [0.29, 0.717) is 5.56 Å². The molecule has 252 valence electrons. The second-order valence-electron chi connectivity index (χ2n) is 12.4. The van der Waals surface area contributed by atoms with Crippen LogP contribution in [-0.2, 0) is 6.18 Å². The summed E-state index contributed by atoms with van der Waals surface area (Å²) in [5.74, 6) is -1.69. The number of anilines is 2. The lowest BCUT2D eigenvalue weighted by molar-refractivity contribution is -0.137. The number of nitrogen functional groups attached to an aromatic ring is 1. The number of likely N-dealkylation sites (N-methyl/N-ethyl adjacent to an activating group) is 1. The Morgan fingerprint density at radius 3 is 2.69 bits per heavy atom. The monoisotopic (exact) mass is 669 g/mol. The Hall–Kier alpha value is -4.86. The summed E-state index contributed by atoms with van der Waals surface area (Å²) in [6.45, 7) is 5.89. The highest BCUT2D eigenvalue weighted by Gasteiger charge is 2.40. The molecule has 1 aromatic carbocycles. The first-order valence-corrected chi connectivity index (χ1v) is 15.4. The maximum absolute atomic E-state index is 17.0. The van der Waals surface area contributed by atoms with Gasteiger partial charge >= 0.3 is 12.2 Å². The molecule has 0 radical (unpaired) electrons. The van der Waals surface area contributed by atoms with Crippen LogP contribution < -0.4 is 20.1 Å². The number of nitrogens with zero attached hydrogens (tertiary/aromatic N) is 7. The van der Waals surface area contributed by atoms with Gasteiger partial charge in [-0.1, -0.05) is 0 Å². The summed E-state index contributed by atoms with van der Waals surface area (Å²) in [5, 5.41) is 6.63. The average Bonchev–Trinajstić information content (AvgIpc) is 3.64. The number of nitrogens with two attached hydrogens (primary N) is 1. The van der Waals surface area contributed by atoms with Gasteiger partial charge in [-0.15, -0.1) is 0 Å². The highest BCUT2D eigenvalue weighted by Crippen LogP contribution is 2.47. The number of likely N-dealkylation sites (tertiary alicyclic amines) is 1. The van der Waals surface area contributed by atoms with E-state index >= 15 is 4.39 Å². The Morgan fingerprint density at radius 1 is 1.17 bits per heavy atom. The van der Waals surface area contributed by atoms with E-state index in [-0.39, 0.29) is 70.2 Å². The van der Waals surface area contributed by atoms with Crippen molar-refractivity contribution in [1.29, 1.82) is 0 Å². The molecule has 5 aromatic rings. The molecule has 0 unspecified atom stereocenters. The van der Waals surface area contributed by atoms with Crippen LogP contribution >= 0.6 is 0 Å². The molecule has 2 aliphatic heterocycles. The first-order chi connectivity index (χ1) is 22.8. The summed E-state index contributed by atoms with van der Waals surface area (Å²) in [6.07, 6.45) is -0.808. The third-order valence-corrected chi connectivity index (χ3v) is 9.22. The number of alkyl halides is 3. The molecule has 1 fully saturated rings. The molecule has 4 aromatic heterocycles. The Bertz CT molecular complexity index is 2050. The molecule has 0 spiro atoms. The standard InChI is InChI=1S/C32H32F5N9O2/c1-14-8-21-20(11-40-44-21)22(24(14)32(35,36)37)26-25(34)27-23-29(43-31(42-27)48-13-18-6-5-7-45(18)4)46(15(2)12-47-30(23)41-26)16(3)19-9-17(33)10-39-28(19)38/h8-11,15-16,18H,5-7,12-13H2,1-4H3,(H2,38,39)(H,40,44)/t15-,16+,18-/m0/s1. The molecule has 11 nitrogen and oxygen atoms in total. The van der Waals surface area contributed by atoms with Gasteiger partial charge in [-0.3, -0.25) is 5.10 Å². The number of aromatic nitrogens is 6. The lowest BCUT2D eigenvalue weighted by atomic mass is 9.94. The third-order valence-electron chi connectivity index (χ3n) is 9.22. The molecule has 3 N–H and O–H groups in total. The Balaban J connectivity index is 1.50. The van der Waals surface area contributed by atoms with Crippen LogP contribution in [0, 0.1) is 18.6 Å². The first kappa shape index (κ1) is 31.7. The number of rotatable bonds is 6. The third kappa shape index (κ3) is 5.27. The quantitative estimate of drug-likeness (QED) is 0.209. The number of aromatic amines is 1. The molecular formula is C32H32F5N9O2. The van der Waals surface area contributed by atoms with Crippen LogP contribution in [0.15, 0.2) is 24.5 Å². The summed E-state index contributed by atoms with van der Waals surface area (Å²) in [7, 11) is 1.97. The van der Waals surface area contributed by atoms with E-state index in [9.17, 15) is 17.6 Å². The van der Waals surface area contributed by atoms with Gasteiger partial charge in [0.05, 0.1) is 35.6 Å². The molecule has 48 heavy (non-hydrogen) atoms. The summed E-state index contributed by atoms with van der Waals surface area (Å²) in [6, 6.07) is 1.26. The number of benzene rings is 1. The predicted molar refractivity (Wildman–Crippen MR) is 168 cm³/mol. The maximum atomic E-state index is 17.0. The minimum atomic E-state index is -4.86. The van der Waals surface area contributed by atoms with Gasteiger partial charge in [0.15, 0.2) is 5.82 Å². The SMILES string of the molecule is Cc1cc2[nH]ncc2c(-c2nc3c4c(nc(OC[C@@H]5CCCN5C)nc4c2F)N([C@H](C)c2cc(F)cnc2N)[C@@H](C)CO3)c1C(F)(F)F. The van der Waals surface area contributed by atoms with E-state index in [0.717, 1.165) is 25.6 Å². The minimum absolute atomic E-state index is 0.0189. The van der Waals surface area contributed by atoms with Gasteiger partial charge in [0.2, 0.25) is 5.88 Å². The highest BCUT2D eigenvalue weighted by atomic mass is 19.4. The van der Waals surface area contributed by atoms with Crippen LogP contribution in [0.25, 0.3) is 33.1 Å². The minimum Gasteiger partial charge on any atom is -0.475 e. The number of nitrogens with one attached hydrogen (secondary N) is 1. The molecule has 0 saturated carbocycles. The number of halogens is 5. The van der Waals surface area contributed by atoms with Crippen molar-refractivity contribution >= 4 is 33.4 Å². The van der Waals surface area contributed by atoms with Crippen molar-refractivity contribution in [3.8, 4) is 23.1 Å². The average molecular weight is 670 g/mol. The Kier molecular flexibility index (Phi) is 7.72. The van der Waals surface area contributed by atoms with Crippen LogP contribution in [0.5, 0.6) is 11.9 Å². The molecule has 1 saturated heterocycles. The second-order valence-corrected chi connectivity index (χ2v) is 12.4. The molecule has 0 amide bonds. The van der Waals surface area contributed by atoms with Gasteiger partial charge in [0.25, 0.3) is 0 Å². The normalized spacial score (nSPS) is 19.1. The molecule has 6 heterocycles. The zero-order chi connectivity index (χ0) is 34.1. The van der Waals surface area contributed by atoms with Crippen molar-refractivity contribution in [2.24, 2.45) is 0 Å². The first-order valence-electron chi connectivity index (χ1n) is 15.4. The van der Waals surface area contributed by atoms with E-state index in [1.54, 1.807) is 11.8 Å². The molecule has 0 bridgehead atoms. The van der Waals surface area contributed by atoms with Crippen molar-refractivity contribution in [2.75, 3.05) is 37.4 Å². The summed E-state index contributed by atoms with van der Waals surface area (Å²) in [4.78, 5) is 21.4. The summed E-state index contributed by atoms with van der Waals surface area (Å²) in [5.41, 5.74) is 4.12. The highest BCUT2D eigenvalue weighted by molar-refractivity contribution is 6.02.